The van der Waals surface area contributed by atoms with Gasteiger partial charge in [-0.15, -0.1) is 0 Å². The molecule has 2 fully saturated rings. The first-order valence-corrected chi connectivity index (χ1v) is 11.7. The maximum absolute atomic E-state index is 12.6. The van der Waals surface area contributed by atoms with Crippen LogP contribution in [0.1, 0.15) is 45.1 Å². The molecule has 0 spiro atoms. The molecular weight excluding hydrogens is 396 g/mol. The van der Waals surface area contributed by atoms with E-state index in [4.69, 9.17) is 0 Å². The first kappa shape index (κ1) is 20.2. The molecule has 158 valence electrons. The summed E-state index contributed by atoms with van der Waals surface area (Å²) in [6.07, 6.45) is 7.48. The minimum Gasteiger partial charge on any atom is -0.388 e. The van der Waals surface area contributed by atoms with Crippen molar-refractivity contribution in [3.05, 3.63) is 22.7 Å². The Morgan fingerprint density at radius 2 is 1.93 bits per heavy atom. The summed E-state index contributed by atoms with van der Waals surface area (Å²) in [6.45, 7) is 2.64. The monoisotopic (exact) mass is 422 g/mol. The molecule has 0 radical (unpaired) electrons. The van der Waals surface area contributed by atoms with Crippen LogP contribution < -0.4 is 10.9 Å². The van der Waals surface area contributed by atoms with E-state index in [0.29, 0.717) is 55.9 Å². The predicted molar refractivity (Wildman–Crippen MR) is 108 cm³/mol. The molecular formula is C18H26N6O4S. The molecule has 1 saturated heterocycles. The van der Waals surface area contributed by atoms with Crippen molar-refractivity contribution in [2.45, 2.75) is 56.7 Å². The lowest BCUT2D eigenvalue weighted by Gasteiger charge is -2.30. The lowest BCUT2D eigenvalue weighted by Crippen LogP contribution is -2.42. The molecule has 2 aliphatic rings. The summed E-state index contributed by atoms with van der Waals surface area (Å²) in [7, 11) is -3.18. The minimum absolute atomic E-state index is 0.0388. The first-order valence-electron chi connectivity index (χ1n) is 9.83. The van der Waals surface area contributed by atoms with Crippen molar-refractivity contribution >= 4 is 27.1 Å². The third-order valence-corrected chi connectivity index (χ3v) is 7.28. The third kappa shape index (κ3) is 3.99. The molecule has 3 heterocycles. The van der Waals surface area contributed by atoms with Crippen LogP contribution in [-0.2, 0) is 10.0 Å². The van der Waals surface area contributed by atoms with Crippen LogP contribution in [0.5, 0.6) is 0 Å². The van der Waals surface area contributed by atoms with Gasteiger partial charge in [-0.25, -0.2) is 22.7 Å². The number of piperidine rings is 1. The summed E-state index contributed by atoms with van der Waals surface area (Å²) in [5, 5.41) is 14.0. The molecule has 2 N–H and O–H groups in total. The topological polar surface area (TPSA) is 130 Å². The zero-order valence-corrected chi connectivity index (χ0v) is 17.4. The highest BCUT2D eigenvalue weighted by molar-refractivity contribution is 7.88. The van der Waals surface area contributed by atoms with Crippen LogP contribution in [-0.4, -0.2) is 68.3 Å². The van der Waals surface area contributed by atoms with E-state index in [1.54, 1.807) is 13.1 Å². The molecule has 0 aromatic carbocycles. The van der Waals surface area contributed by atoms with Gasteiger partial charge in [0.2, 0.25) is 16.0 Å². The van der Waals surface area contributed by atoms with E-state index in [1.165, 1.54) is 21.3 Å². The van der Waals surface area contributed by atoms with Crippen LogP contribution in [0.2, 0.25) is 0 Å². The summed E-state index contributed by atoms with van der Waals surface area (Å²) in [5.74, 6) is 0.370. The fourth-order valence-corrected chi connectivity index (χ4v) is 5.22. The van der Waals surface area contributed by atoms with Gasteiger partial charge in [0, 0.05) is 19.1 Å². The number of sulfonamides is 1. The van der Waals surface area contributed by atoms with Crippen LogP contribution in [0.25, 0.3) is 11.2 Å². The first-order chi connectivity index (χ1) is 13.6. The quantitative estimate of drug-likeness (QED) is 0.728. The maximum atomic E-state index is 12.6. The largest absolute Gasteiger partial charge is 0.388 e. The molecule has 2 aromatic rings. The average Bonchev–Trinajstić information content (AvgIpc) is 3.00. The molecule has 2 atom stereocenters. The standard InChI is InChI=1S/C18H26N6O4S/c1-18(26)7-3-4-14(18)24-15(25)11-19-13-10-20-17(22-16(13)24)21-12-5-8-23(9-6-12)29(2,27)28/h10-12,14,26H,3-9H2,1-2H3,(H,20,21,22)/t14-,18-/m1/s1. The fraction of sp³-hybridized carbons (Fsp3) is 0.667. The highest BCUT2D eigenvalue weighted by Gasteiger charge is 2.39. The smallest absolute Gasteiger partial charge is 0.271 e. The zero-order valence-electron chi connectivity index (χ0n) is 16.6. The van der Waals surface area contributed by atoms with Crippen LogP contribution in [0.4, 0.5) is 5.95 Å². The molecule has 0 unspecified atom stereocenters. The molecule has 0 bridgehead atoms. The van der Waals surface area contributed by atoms with Crippen molar-refractivity contribution in [3.8, 4) is 0 Å². The average molecular weight is 423 g/mol. The van der Waals surface area contributed by atoms with Crippen LogP contribution in [0, 0.1) is 0 Å². The Labute approximate surface area is 169 Å². The molecule has 29 heavy (non-hydrogen) atoms. The predicted octanol–water partition coefficient (Wildman–Crippen LogP) is 0.498. The highest BCUT2D eigenvalue weighted by Crippen LogP contribution is 2.39. The second-order valence-electron chi connectivity index (χ2n) is 8.21. The van der Waals surface area contributed by atoms with Crippen LogP contribution in [0.15, 0.2) is 17.2 Å². The number of nitrogens with zero attached hydrogens (tertiary/aromatic N) is 5. The molecule has 0 amide bonds. The van der Waals surface area contributed by atoms with E-state index in [-0.39, 0.29) is 17.6 Å². The number of aliphatic hydroxyl groups is 1. The molecule has 4 rings (SSSR count). The van der Waals surface area contributed by atoms with Crippen molar-refractivity contribution in [1.82, 2.24) is 23.8 Å². The normalized spacial score (nSPS) is 26.8. The molecule has 1 aliphatic carbocycles. The van der Waals surface area contributed by atoms with Gasteiger partial charge in [-0.3, -0.25) is 9.36 Å². The van der Waals surface area contributed by atoms with Crippen molar-refractivity contribution in [3.63, 3.8) is 0 Å². The Morgan fingerprint density at radius 1 is 1.21 bits per heavy atom. The second-order valence-corrected chi connectivity index (χ2v) is 10.2. The Kier molecular flexibility index (Phi) is 5.07. The van der Waals surface area contributed by atoms with Gasteiger partial charge in [-0.1, -0.05) is 0 Å². The van der Waals surface area contributed by atoms with Crippen molar-refractivity contribution < 1.29 is 13.5 Å². The van der Waals surface area contributed by atoms with Gasteiger partial charge in [0.15, 0.2) is 5.65 Å². The van der Waals surface area contributed by atoms with E-state index in [0.717, 1.165) is 6.42 Å². The number of hydrogen-bond donors (Lipinski definition) is 2. The van der Waals surface area contributed by atoms with E-state index in [1.807, 2.05) is 0 Å². The molecule has 1 aliphatic heterocycles. The number of nitrogens with one attached hydrogen (secondary N) is 1. The highest BCUT2D eigenvalue weighted by atomic mass is 32.2. The number of anilines is 1. The van der Waals surface area contributed by atoms with Crippen LogP contribution >= 0.6 is 0 Å². The molecule has 1 saturated carbocycles. The minimum atomic E-state index is -3.18. The Morgan fingerprint density at radius 3 is 2.55 bits per heavy atom. The van der Waals surface area contributed by atoms with Gasteiger partial charge in [0.1, 0.15) is 5.52 Å². The second kappa shape index (κ2) is 7.29. The summed E-state index contributed by atoms with van der Waals surface area (Å²) in [4.78, 5) is 25.6. The number of hydrogen-bond acceptors (Lipinski definition) is 8. The molecule has 2 aromatic heterocycles. The SMILES string of the molecule is C[C@@]1(O)CCC[C@H]1n1c(=O)cnc2cnc(NC3CCN(S(C)(=O)=O)CC3)nc21. The van der Waals surface area contributed by atoms with E-state index in [2.05, 4.69) is 20.3 Å². The Bertz CT molecular complexity index is 1080. The van der Waals surface area contributed by atoms with E-state index >= 15 is 0 Å². The van der Waals surface area contributed by atoms with Gasteiger partial charge in [-0.2, -0.15) is 4.98 Å². The lowest BCUT2D eigenvalue weighted by molar-refractivity contribution is 0.0266. The van der Waals surface area contributed by atoms with Crippen molar-refractivity contribution in [1.29, 1.82) is 0 Å². The summed E-state index contributed by atoms with van der Waals surface area (Å²) >= 11 is 0. The summed E-state index contributed by atoms with van der Waals surface area (Å²) in [5.41, 5.74) is -0.383. The fourth-order valence-electron chi connectivity index (χ4n) is 4.35. The number of rotatable bonds is 4. The third-order valence-electron chi connectivity index (χ3n) is 5.98. The molecule has 10 nitrogen and oxygen atoms in total. The van der Waals surface area contributed by atoms with Gasteiger partial charge >= 0.3 is 0 Å². The number of aromatic nitrogens is 4. The van der Waals surface area contributed by atoms with Crippen LogP contribution in [0.3, 0.4) is 0 Å². The number of fused-ring (bicyclic) bond motifs is 1. The van der Waals surface area contributed by atoms with E-state index in [9.17, 15) is 18.3 Å². The van der Waals surface area contributed by atoms with Crippen molar-refractivity contribution in [2.75, 3.05) is 24.7 Å². The summed E-state index contributed by atoms with van der Waals surface area (Å²) in [6, 6.07) is -0.321. The summed E-state index contributed by atoms with van der Waals surface area (Å²) < 4.78 is 26.3. The van der Waals surface area contributed by atoms with Gasteiger partial charge in [-0.05, 0) is 39.0 Å². The van der Waals surface area contributed by atoms with E-state index < -0.39 is 15.6 Å². The van der Waals surface area contributed by atoms with Gasteiger partial charge in [0.05, 0.1) is 30.3 Å². The molecule has 11 heteroatoms. The maximum Gasteiger partial charge on any atom is 0.271 e. The van der Waals surface area contributed by atoms with Gasteiger partial charge in [0.25, 0.3) is 5.56 Å². The van der Waals surface area contributed by atoms with Crippen molar-refractivity contribution in [2.24, 2.45) is 0 Å². The van der Waals surface area contributed by atoms with Gasteiger partial charge < -0.3 is 10.4 Å². The Balaban J connectivity index is 1.61. The lowest BCUT2D eigenvalue weighted by atomic mass is 10.0. The zero-order chi connectivity index (χ0) is 20.8. The Hall–Kier alpha value is -2.11.